The first-order chi connectivity index (χ1) is 8.82. The normalized spacial score (nSPS) is 14.7. The van der Waals surface area contributed by atoms with Crippen LogP contribution in [-0.2, 0) is 0 Å². The minimum atomic E-state index is 0.165. The third kappa shape index (κ3) is 6.05. The summed E-state index contributed by atoms with van der Waals surface area (Å²) in [6.45, 7) is 12.3. The predicted octanol–water partition coefficient (Wildman–Crippen LogP) is 3.85. The van der Waals surface area contributed by atoms with E-state index in [-0.39, 0.29) is 5.54 Å². The first-order valence-corrected chi connectivity index (χ1v) is 9.14. The zero-order valence-electron chi connectivity index (χ0n) is 14.2. The Kier molecular flexibility index (Phi) is 9.38. The molecule has 0 aliphatic carbocycles. The summed E-state index contributed by atoms with van der Waals surface area (Å²) in [6, 6.07) is 0.635. The molecule has 0 spiro atoms. The molecule has 2 N–H and O–H groups in total. The van der Waals surface area contributed by atoms with Gasteiger partial charge in [-0.25, -0.2) is 0 Å². The molecule has 0 saturated carbocycles. The van der Waals surface area contributed by atoms with Crippen LogP contribution in [0.2, 0.25) is 0 Å². The number of thioether (sulfide) groups is 1. The van der Waals surface area contributed by atoms with Gasteiger partial charge in [-0.2, -0.15) is 11.8 Å². The molecule has 19 heavy (non-hydrogen) atoms. The van der Waals surface area contributed by atoms with Crippen molar-refractivity contribution in [2.45, 2.75) is 65.5 Å². The van der Waals surface area contributed by atoms with Gasteiger partial charge in [0.05, 0.1) is 0 Å². The van der Waals surface area contributed by atoms with E-state index in [2.05, 4.69) is 52.8 Å². The van der Waals surface area contributed by atoms with Crippen LogP contribution >= 0.6 is 11.8 Å². The van der Waals surface area contributed by atoms with Crippen LogP contribution in [-0.4, -0.2) is 42.1 Å². The molecule has 1 atom stereocenters. The van der Waals surface area contributed by atoms with Crippen molar-refractivity contribution in [1.82, 2.24) is 4.90 Å². The molecule has 0 amide bonds. The Morgan fingerprint density at radius 1 is 1.11 bits per heavy atom. The summed E-state index contributed by atoms with van der Waals surface area (Å²) in [6.07, 6.45) is 5.80. The molecule has 2 nitrogen and oxygen atoms in total. The van der Waals surface area contributed by atoms with Crippen molar-refractivity contribution in [3.63, 3.8) is 0 Å². The highest BCUT2D eigenvalue weighted by atomic mass is 32.2. The first-order valence-electron chi connectivity index (χ1n) is 7.74. The second kappa shape index (κ2) is 9.25. The van der Waals surface area contributed by atoms with Crippen molar-refractivity contribution in [1.29, 1.82) is 0 Å². The van der Waals surface area contributed by atoms with Gasteiger partial charge in [-0.15, -0.1) is 0 Å². The van der Waals surface area contributed by atoms with Crippen molar-refractivity contribution in [3.8, 4) is 0 Å². The van der Waals surface area contributed by atoms with Crippen LogP contribution in [0.15, 0.2) is 0 Å². The topological polar surface area (TPSA) is 29.3 Å². The van der Waals surface area contributed by atoms with Gasteiger partial charge in [-0.3, -0.25) is 4.90 Å². The summed E-state index contributed by atoms with van der Waals surface area (Å²) < 4.78 is 0. The third-order valence-electron chi connectivity index (χ3n) is 4.08. The van der Waals surface area contributed by atoms with E-state index < -0.39 is 0 Å². The highest BCUT2D eigenvalue weighted by Gasteiger charge is 2.37. The van der Waals surface area contributed by atoms with E-state index in [1.165, 1.54) is 25.0 Å². The molecule has 0 bridgehead atoms. The zero-order chi connectivity index (χ0) is 15.1. The van der Waals surface area contributed by atoms with Gasteiger partial charge in [0.1, 0.15) is 0 Å². The van der Waals surface area contributed by atoms with E-state index in [0.29, 0.717) is 17.9 Å². The van der Waals surface area contributed by atoms with E-state index >= 15 is 0 Å². The van der Waals surface area contributed by atoms with E-state index in [9.17, 15) is 0 Å². The molecule has 1 unspecified atom stereocenters. The fraction of sp³-hybridized carbons (Fsp3) is 1.00. The fourth-order valence-corrected chi connectivity index (χ4v) is 4.13. The van der Waals surface area contributed by atoms with Crippen molar-refractivity contribution in [2.75, 3.05) is 25.6 Å². The number of rotatable bonds is 10. The molecule has 0 fully saturated rings. The predicted molar refractivity (Wildman–Crippen MR) is 90.9 cm³/mol. The van der Waals surface area contributed by atoms with Gasteiger partial charge < -0.3 is 5.73 Å². The third-order valence-corrected chi connectivity index (χ3v) is 4.80. The molecule has 0 saturated heterocycles. The summed E-state index contributed by atoms with van der Waals surface area (Å²) in [7, 11) is 2.29. The number of hydrogen-bond acceptors (Lipinski definition) is 3. The molecule has 0 radical (unpaired) electrons. The number of hydrogen-bond donors (Lipinski definition) is 1. The highest BCUT2D eigenvalue weighted by molar-refractivity contribution is 7.98. The summed E-state index contributed by atoms with van der Waals surface area (Å²) in [5.74, 6) is 2.58. The number of nitrogens with zero attached hydrogens (tertiary/aromatic N) is 1. The zero-order valence-corrected chi connectivity index (χ0v) is 15.0. The molecule has 0 heterocycles. The summed E-state index contributed by atoms with van der Waals surface area (Å²) >= 11 is 1.94. The lowest BCUT2D eigenvalue weighted by Gasteiger charge is -2.47. The van der Waals surface area contributed by atoms with Crippen LogP contribution in [0, 0.1) is 11.8 Å². The lowest BCUT2D eigenvalue weighted by atomic mass is 9.79. The first kappa shape index (κ1) is 19.3. The molecule has 0 aliphatic heterocycles. The second-order valence-corrected chi connectivity index (χ2v) is 7.66. The molecular weight excluding hydrogens is 252 g/mol. The number of likely N-dealkylation sites (N-methyl/N-ethyl adjacent to an activating group) is 1. The molecular formula is C16H36N2S. The second-order valence-electron chi connectivity index (χ2n) is 6.75. The van der Waals surface area contributed by atoms with Crippen LogP contribution < -0.4 is 5.73 Å². The van der Waals surface area contributed by atoms with Gasteiger partial charge in [0.25, 0.3) is 0 Å². The lowest BCUT2D eigenvalue weighted by Crippen LogP contribution is -2.57. The molecule has 0 rings (SSSR count). The molecule has 3 heteroatoms. The monoisotopic (exact) mass is 288 g/mol. The van der Waals surface area contributed by atoms with E-state index in [1.54, 1.807) is 0 Å². The van der Waals surface area contributed by atoms with Gasteiger partial charge in [-0.1, -0.05) is 34.6 Å². The van der Waals surface area contributed by atoms with Crippen molar-refractivity contribution < 1.29 is 0 Å². The average molecular weight is 289 g/mol. The minimum absolute atomic E-state index is 0.165. The van der Waals surface area contributed by atoms with Crippen molar-refractivity contribution >= 4 is 11.8 Å². The Bertz CT molecular complexity index is 219. The largest absolute Gasteiger partial charge is 0.329 e. The van der Waals surface area contributed by atoms with E-state index in [1.807, 2.05) is 11.8 Å². The fourth-order valence-electron chi connectivity index (χ4n) is 3.29. The van der Waals surface area contributed by atoms with Crippen LogP contribution in [0.4, 0.5) is 0 Å². The Balaban J connectivity index is 5.15. The van der Waals surface area contributed by atoms with E-state index in [0.717, 1.165) is 6.54 Å². The van der Waals surface area contributed by atoms with Gasteiger partial charge in [-0.05, 0) is 44.4 Å². The number of nitrogens with two attached hydrogens (primary N) is 1. The summed E-state index contributed by atoms with van der Waals surface area (Å²) in [5, 5.41) is 0. The summed E-state index contributed by atoms with van der Waals surface area (Å²) in [4.78, 5) is 2.60. The van der Waals surface area contributed by atoms with Crippen LogP contribution in [0.25, 0.3) is 0 Å². The molecule has 0 aromatic rings. The summed E-state index contributed by atoms with van der Waals surface area (Å²) in [5.41, 5.74) is 6.41. The van der Waals surface area contributed by atoms with Crippen LogP contribution in [0.3, 0.4) is 0 Å². The van der Waals surface area contributed by atoms with Gasteiger partial charge in [0, 0.05) is 23.9 Å². The maximum Gasteiger partial charge on any atom is 0.0336 e. The maximum atomic E-state index is 6.25. The van der Waals surface area contributed by atoms with Crippen molar-refractivity contribution in [2.24, 2.45) is 17.6 Å². The van der Waals surface area contributed by atoms with Gasteiger partial charge in [0.2, 0.25) is 0 Å². The average Bonchev–Trinajstić information content (AvgIpc) is 2.32. The standard InChI is InChI=1S/C16H36N2S/c1-8-15(11-19-7)18(6)16(12-17,9-13(2)3)10-14(4)5/h13-15H,8-12,17H2,1-7H3. The van der Waals surface area contributed by atoms with Crippen molar-refractivity contribution in [3.05, 3.63) is 0 Å². The van der Waals surface area contributed by atoms with Gasteiger partial charge >= 0.3 is 0 Å². The maximum absolute atomic E-state index is 6.25. The van der Waals surface area contributed by atoms with Crippen LogP contribution in [0.5, 0.6) is 0 Å². The van der Waals surface area contributed by atoms with Gasteiger partial charge in [0.15, 0.2) is 0 Å². The quantitative estimate of drug-likeness (QED) is 0.662. The Morgan fingerprint density at radius 2 is 1.58 bits per heavy atom. The highest BCUT2D eigenvalue weighted by Crippen LogP contribution is 2.32. The molecule has 116 valence electrons. The Hall–Kier alpha value is 0.270. The Labute approximate surface area is 125 Å². The Morgan fingerprint density at radius 3 is 1.84 bits per heavy atom. The van der Waals surface area contributed by atoms with Crippen LogP contribution in [0.1, 0.15) is 53.9 Å². The SMILES string of the molecule is CCC(CSC)N(C)C(CN)(CC(C)C)CC(C)C. The molecule has 0 aliphatic rings. The van der Waals surface area contributed by atoms with E-state index in [4.69, 9.17) is 5.73 Å². The smallest absolute Gasteiger partial charge is 0.0336 e. The lowest BCUT2D eigenvalue weighted by molar-refractivity contribution is 0.0462. The minimum Gasteiger partial charge on any atom is -0.329 e. The molecule has 0 aromatic heterocycles. The molecule has 0 aromatic carbocycles.